The largest absolute Gasteiger partial charge is 0.457 e. The standard InChI is InChI=1S/C29H22O/c1-29(2)25-13-7-8-14-27(25)30-28-18-20(15-16-26(28)29)24-17-19-9-3-4-10-21(19)22-11-5-6-12-23(22)24/h3-18H,1-2H3. The first kappa shape index (κ1) is 17.3. The molecule has 0 radical (unpaired) electrons. The van der Waals surface area contributed by atoms with Gasteiger partial charge in [-0.1, -0.05) is 92.7 Å². The van der Waals surface area contributed by atoms with Crippen molar-refractivity contribution < 1.29 is 4.74 Å². The van der Waals surface area contributed by atoms with Gasteiger partial charge in [0.05, 0.1) is 0 Å². The van der Waals surface area contributed by atoms with Gasteiger partial charge in [0.2, 0.25) is 0 Å². The van der Waals surface area contributed by atoms with Gasteiger partial charge in [-0.05, 0) is 50.9 Å². The van der Waals surface area contributed by atoms with Crippen LogP contribution in [0.2, 0.25) is 0 Å². The highest BCUT2D eigenvalue weighted by atomic mass is 16.5. The van der Waals surface area contributed by atoms with Crippen molar-refractivity contribution in [2.75, 3.05) is 0 Å². The Morgan fingerprint density at radius 3 is 2.10 bits per heavy atom. The van der Waals surface area contributed by atoms with Crippen molar-refractivity contribution in [1.82, 2.24) is 0 Å². The third kappa shape index (κ3) is 2.42. The lowest BCUT2D eigenvalue weighted by molar-refractivity contribution is 0.418. The molecule has 0 fully saturated rings. The predicted octanol–water partition coefficient (Wildman–Crippen LogP) is 8.09. The minimum atomic E-state index is -0.0891. The second-order valence-corrected chi connectivity index (χ2v) is 8.63. The van der Waals surface area contributed by atoms with Crippen LogP contribution in [-0.2, 0) is 5.41 Å². The predicted molar refractivity (Wildman–Crippen MR) is 126 cm³/mol. The van der Waals surface area contributed by atoms with Gasteiger partial charge in [-0.15, -0.1) is 0 Å². The Hall–Kier alpha value is -3.58. The molecule has 0 aliphatic carbocycles. The third-order valence-corrected chi connectivity index (χ3v) is 6.51. The average Bonchev–Trinajstić information content (AvgIpc) is 2.78. The fraction of sp³-hybridized carbons (Fsp3) is 0.103. The van der Waals surface area contributed by atoms with Crippen molar-refractivity contribution in [2.24, 2.45) is 0 Å². The Balaban J connectivity index is 1.60. The molecule has 0 spiro atoms. The molecule has 1 nitrogen and oxygen atoms in total. The maximum atomic E-state index is 6.37. The number of fused-ring (bicyclic) bond motifs is 5. The highest BCUT2D eigenvalue weighted by Crippen LogP contribution is 2.49. The Morgan fingerprint density at radius 2 is 1.23 bits per heavy atom. The summed E-state index contributed by atoms with van der Waals surface area (Å²) in [6.45, 7) is 4.55. The zero-order valence-electron chi connectivity index (χ0n) is 17.1. The van der Waals surface area contributed by atoms with Crippen LogP contribution in [0.25, 0.3) is 32.7 Å². The first-order valence-electron chi connectivity index (χ1n) is 10.5. The van der Waals surface area contributed by atoms with Gasteiger partial charge in [0.15, 0.2) is 0 Å². The molecule has 0 saturated heterocycles. The van der Waals surface area contributed by atoms with E-state index in [2.05, 4.69) is 105 Å². The molecule has 0 saturated carbocycles. The van der Waals surface area contributed by atoms with E-state index < -0.39 is 0 Å². The van der Waals surface area contributed by atoms with E-state index in [0.29, 0.717) is 0 Å². The van der Waals surface area contributed by atoms with E-state index in [1.807, 2.05) is 6.07 Å². The van der Waals surface area contributed by atoms with Crippen LogP contribution in [0.15, 0.2) is 97.1 Å². The van der Waals surface area contributed by atoms with E-state index in [-0.39, 0.29) is 5.41 Å². The van der Waals surface area contributed by atoms with E-state index in [4.69, 9.17) is 4.74 Å². The summed E-state index contributed by atoms with van der Waals surface area (Å²) in [6, 6.07) is 34.7. The summed E-state index contributed by atoms with van der Waals surface area (Å²) in [4.78, 5) is 0. The van der Waals surface area contributed by atoms with Crippen LogP contribution in [0.4, 0.5) is 0 Å². The van der Waals surface area contributed by atoms with Crippen molar-refractivity contribution in [2.45, 2.75) is 19.3 Å². The highest BCUT2D eigenvalue weighted by molar-refractivity contribution is 6.13. The average molecular weight is 386 g/mol. The van der Waals surface area contributed by atoms with E-state index in [0.717, 1.165) is 11.5 Å². The molecule has 30 heavy (non-hydrogen) atoms. The number of hydrogen-bond acceptors (Lipinski definition) is 1. The van der Waals surface area contributed by atoms with Crippen LogP contribution < -0.4 is 4.74 Å². The lowest BCUT2D eigenvalue weighted by Gasteiger charge is -2.34. The molecule has 0 aromatic heterocycles. The summed E-state index contributed by atoms with van der Waals surface area (Å²) in [5.74, 6) is 1.91. The minimum Gasteiger partial charge on any atom is -0.457 e. The SMILES string of the molecule is CC1(C)c2ccccc2Oc2cc(-c3cc4ccccc4c4ccccc34)ccc21. The molecule has 6 rings (SSSR count). The molecule has 1 heterocycles. The van der Waals surface area contributed by atoms with Crippen molar-refractivity contribution in [3.05, 3.63) is 108 Å². The van der Waals surface area contributed by atoms with E-state index in [9.17, 15) is 0 Å². The first-order valence-corrected chi connectivity index (χ1v) is 10.5. The van der Waals surface area contributed by atoms with Gasteiger partial charge in [0.1, 0.15) is 11.5 Å². The van der Waals surface area contributed by atoms with Crippen LogP contribution in [0, 0.1) is 0 Å². The van der Waals surface area contributed by atoms with Gasteiger partial charge < -0.3 is 4.74 Å². The van der Waals surface area contributed by atoms with Gasteiger partial charge in [0.25, 0.3) is 0 Å². The third-order valence-electron chi connectivity index (χ3n) is 6.51. The first-order chi connectivity index (χ1) is 14.6. The number of ether oxygens (including phenoxy) is 1. The van der Waals surface area contributed by atoms with Gasteiger partial charge in [-0.2, -0.15) is 0 Å². The van der Waals surface area contributed by atoms with Gasteiger partial charge >= 0.3 is 0 Å². The number of hydrogen-bond donors (Lipinski definition) is 0. The summed E-state index contributed by atoms with van der Waals surface area (Å²) in [6.07, 6.45) is 0. The molecule has 1 aliphatic rings. The Kier molecular flexibility index (Phi) is 3.58. The zero-order chi connectivity index (χ0) is 20.3. The lowest BCUT2D eigenvalue weighted by atomic mass is 9.75. The van der Waals surface area contributed by atoms with Gasteiger partial charge in [-0.25, -0.2) is 0 Å². The summed E-state index contributed by atoms with van der Waals surface area (Å²) in [5.41, 5.74) is 4.81. The monoisotopic (exact) mass is 386 g/mol. The molecule has 5 aromatic carbocycles. The molecule has 1 heteroatoms. The van der Waals surface area contributed by atoms with Crippen molar-refractivity contribution in [1.29, 1.82) is 0 Å². The quantitative estimate of drug-likeness (QED) is 0.264. The van der Waals surface area contributed by atoms with Crippen molar-refractivity contribution >= 4 is 21.5 Å². The fourth-order valence-electron chi connectivity index (χ4n) is 4.92. The second-order valence-electron chi connectivity index (χ2n) is 8.63. The summed E-state index contributed by atoms with van der Waals surface area (Å²) >= 11 is 0. The maximum Gasteiger partial charge on any atom is 0.132 e. The van der Waals surface area contributed by atoms with Crippen LogP contribution >= 0.6 is 0 Å². The highest BCUT2D eigenvalue weighted by Gasteiger charge is 2.34. The molecule has 0 atom stereocenters. The Bertz CT molecular complexity index is 1440. The maximum absolute atomic E-state index is 6.37. The van der Waals surface area contributed by atoms with Crippen molar-refractivity contribution in [3.63, 3.8) is 0 Å². The number of para-hydroxylation sites is 1. The molecule has 0 N–H and O–H groups in total. The fourth-order valence-corrected chi connectivity index (χ4v) is 4.92. The molecular formula is C29H22O. The van der Waals surface area contributed by atoms with E-state index >= 15 is 0 Å². The van der Waals surface area contributed by atoms with E-state index in [1.165, 1.54) is 43.8 Å². The normalized spacial score (nSPS) is 14.2. The molecule has 0 unspecified atom stereocenters. The summed E-state index contributed by atoms with van der Waals surface area (Å²) < 4.78 is 6.37. The summed E-state index contributed by atoms with van der Waals surface area (Å²) in [7, 11) is 0. The zero-order valence-corrected chi connectivity index (χ0v) is 17.1. The smallest absolute Gasteiger partial charge is 0.132 e. The lowest BCUT2D eigenvalue weighted by Crippen LogP contribution is -2.24. The molecule has 1 aliphatic heterocycles. The van der Waals surface area contributed by atoms with Gasteiger partial charge in [-0.3, -0.25) is 0 Å². The molecular weight excluding hydrogens is 364 g/mol. The molecule has 5 aromatic rings. The minimum absolute atomic E-state index is 0.0891. The topological polar surface area (TPSA) is 9.23 Å². The molecule has 144 valence electrons. The van der Waals surface area contributed by atoms with Crippen LogP contribution in [0.5, 0.6) is 11.5 Å². The van der Waals surface area contributed by atoms with Crippen molar-refractivity contribution in [3.8, 4) is 22.6 Å². The number of rotatable bonds is 1. The van der Waals surface area contributed by atoms with Gasteiger partial charge in [0, 0.05) is 16.5 Å². The summed E-state index contributed by atoms with van der Waals surface area (Å²) in [5, 5.41) is 5.11. The number of benzene rings is 5. The Labute approximate surface area is 176 Å². The molecule has 0 bridgehead atoms. The van der Waals surface area contributed by atoms with Crippen LogP contribution in [-0.4, -0.2) is 0 Å². The second kappa shape index (κ2) is 6.21. The van der Waals surface area contributed by atoms with E-state index in [1.54, 1.807) is 0 Å². The molecule has 0 amide bonds. The Morgan fingerprint density at radius 1 is 0.567 bits per heavy atom. The van der Waals surface area contributed by atoms with Crippen LogP contribution in [0.3, 0.4) is 0 Å². The van der Waals surface area contributed by atoms with Crippen LogP contribution in [0.1, 0.15) is 25.0 Å².